The van der Waals surface area contributed by atoms with Crippen LogP contribution in [0.3, 0.4) is 0 Å². The van der Waals surface area contributed by atoms with Crippen LogP contribution in [0.25, 0.3) is 0 Å². The highest BCUT2D eigenvalue weighted by Crippen LogP contribution is 2.25. The minimum Gasteiger partial charge on any atom is -0.371 e. The van der Waals surface area contributed by atoms with E-state index in [1.165, 1.54) is 18.5 Å². The summed E-state index contributed by atoms with van der Waals surface area (Å²) in [6, 6.07) is 7.96. The number of carbonyl (C=O) groups is 1. The van der Waals surface area contributed by atoms with E-state index in [1.807, 2.05) is 26.0 Å². The van der Waals surface area contributed by atoms with Gasteiger partial charge in [-0.25, -0.2) is 0 Å². The minimum absolute atomic E-state index is 0. The summed E-state index contributed by atoms with van der Waals surface area (Å²) in [4.78, 5) is 14.5. The lowest BCUT2D eigenvalue weighted by Crippen LogP contribution is -2.34. The standard InChI is InChI=1S/C17H27N3O.2ClH/c1-12-7-9-20(10-8-12)16-6-4-5-15(11-16)19-17(21)13(2)14(3)18;;/h4-6,11-14H,7-10,18H2,1-3H3,(H,19,21);2*1H. The molecule has 1 aliphatic rings. The summed E-state index contributed by atoms with van der Waals surface area (Å²) in [6.45, 7) is 8.21. The van der Waals surface area contributed by atoms with Crippen LogP contribution in [0, 0.1) is 11.8 Å². The molecule has 132 valence electrons. The summed E-state index contributed by atoms with van der Waals surface area (Å²) < 4.78 is 0. The van der Waals surface area contributed by atoms with Crippen molar-refractivity contribution in [1.29, 1.82) is 0 Å². The average Bonchev–Trinajstić information content (AvgIpc) is 2.47. The molecule has 4 nitrogen and oxygen atoms in total. The molecular weight excluding hydrogens is 333 g/mol. The Labute approximate surface area is 152 Å². The summed E-state index contributed by atoms with van der Waals surface area (Å²) in [6.07, 6.45) is 2.47. The van der Waals surface area contributed by atoms with E-state index in [-0.39, 0.29) is 42.7 Å². The molecule has 0 aliphatic carbocycles. The highest BCUT2D eigenvalue weighted by Gasteiger charge is 2.18. The highest BCUT2D eigenvalue weighted by molar-refractivity contribution is 5.93. The van der Waals surface area contributed by atoms with Crippen LogP contribution < -0.4 is 16.0 Å². The zero-order valence-corrected chi connectivity index (χ0v) is 15.8. The number of halogens is 2. The predicted octanol–water partition coefficient (Wildman–Crippen LogP) is 3.69. The van der Waals surface area contributed by atoms with E-state index < -0.39 is 0 Å². The van der Waals surface area contributed by atoms with Crippen molar-refractivity contribution in [1.82, 2.24) is 0 Å². The molecular formula is C17H29Cl2N3O. The molecule has 0 bridgehead atoms. The van der Waals surface area contributed by atoms with Gasteiger partial charge in [0.1, 0.15) is 0 Å². The minimum atomic E-state index is -0.190. The molecule has 0 radical (unpaired) electrons. The Hall–Kier alpha value is -0.970. The first-order valence-electron chi connectivity index (χ1n) is 7.89. The Bertz CT molecular complexity index is 488. The fourth-order valence-electron chi connectivity index (χ4n) is 2.54. The maximum absolute atomic E-state index is 12.1. The molecule has 1 aromatic rings. The fraction of sp³-hybridized carbons (Fsp3) is 0.588. The predicted molar refractivity (Wildman–Crippen MR) is 103 cm³/mol. The van der Waals surface area contributed by atoms with Crippen LogP contribution in [-0.4, -0.2) is 25.0 Å². The van der Waals surface area contributed by atoms with Crippen LogP contribution in [-0.2, 0) is 4.79 Å². The lowest BCUT2D eigenvalue weighted by molar-refractivity contribution is -0.119. The lowest BCUT2D eigenvalue weighted by atomic mass is 9.99. The zero-order valence-electron chi connectivity index (χ0n) is 14.1. The molecule has 0 aromatic heterocycles. The van der Waals surface area contributed by atoms with E-state index in [9.17, 15) is 4.79 Å². The van der Waals surface area contributed by atoms with Crippen molar-refractivity contribution in [3.63, 3.8) is 0 Å². The number of hydrogen-bond donors (Lipinski definition) is 2. The number of hydrogen-bond acceptors (Lipinski definition) is 3. The largest absolute Gasteiger partial charge is 0.371 e. The summed E-state index contributed by atoms with van der Waals surface area (Å²) in [7, 11) is 0. The molecule has 6 heteroatoms. The second-order valence-corrected chi connectivity index (χ2v) is 6.36. The van der Waals surface area contributed by atoms with E-state index in [4.69, 9.17) is 5.73 Å². The molecule has 1 amide bonds. The lowest BCUT2D eigenvalue weighted by Gasteiger charge is -2.32. The molecule has 3 N–H and O–H groups in total. The van der Waals surface area contributed by atoms with Gasteiger partial charge in [-0.3, -0.25) is 4.79 Å². The Balaban J connectivity index is 0.00000242. The first kappa shape index (κ1) is 22.0. The second-order valence-electron chi connectivity index (χ2n) is 6.36. The molecule has 0 saturated carbocycles. The first-order valence-corrected chi connectivity index (χ1v) is 7.89. The molecule has 1 aliphatic heterocycles. The molecule has 2 unspecified atom stereocenters. The van der Waals surface area contributed by atoms with Crippen molar-refractivity contribution >= 4 is 42.1 Å². The molecule has 2 rings (SSSR count). The Kier molecular flexibility index (Phi) is 9.59. The highest BCUT2D eigenvalue weighted by atomic mass is 35.5. The van der Waals surface area contributed by atoms with Gasteiger partial charge in [-0.15, -0.1) is 24.8 Å². The number of nitrogens with zero attached hydrogens (tertiary/aromatic N) is 1. The van der Waals surface area contributed by atoms with Crippen molar-refractivity contribution in [3.8, 4) is 0 Å². The van der Waals surface area contributed by atoms with Gasteiger partial charge in [0.05, 0.1) is 5.92 Å². The Morgan fingerprint density at radius 2 is 1.87 bits per heavy atom. The molecule has 1 heterocycles. The van der Waals surface area contributed by atoms with Crippen molar-refractivity contribution < 1.29 is 4.79 Å². The van der Waals surface area contributed by atoms with E-state index >= 15 is 0 Å². The monoisotopic (exact) mass is 361 g/mol. The summed E-state index contributed by atoms with van der Waals surface area (Å²) in [5, 5.41) is 2.97. The van der Waals surface area contributed by atoms with Crippen LogP contribution in [0.4, 0.5) is 11.4 Å². The molecule has 23 heavy (non-hydrogen) atoms. The van der Waals surface area contributed by atoms with Gasteiger partial charge in [0, 0.05) is 30.5 Å². The number of carbonyl (C=O) groups excluding carboxylic acids is 1. The van der Waals surface area contributed by atoms with Crippen LogP contribution >= 0.6 is 24.8 Å². The number of amides is 1. The van der Waals surface area contributed by atoms with Crippen molar-refractivity contribution in [3.05, 3.63) is 24.3 Å². The van der Waals surface area contributed by atoms with Gasteiger partial charge >= 0.3 is 0 Å². The van der Waals surface area contributed by atoms with Crippen molar-refractivity contribution in [2.45, 2.75) is 39.7 Å². The molecule has 1 saturated heterocycles. The van der Waals surface area contributed by atoms with Crippen LogP contribution in [0.15, 0.2) is 24.3 Å². The maximum Gasteiger partial charge on any atom is 0.228 e. The normalized spacial score (nSPS) is 17.5. The number of nitrogens with two attached hydrogens (primary N) is 1. The summed E-state index contributed by atoms with van der Waals surface area (Å²) >= 11 is 0. The number of rotatable bonds is 4. The third-order valence-corrected chi connectivity index (χ3v) is 4.46. The second kappa shape index (κ2) is 10.0. The van der Waals surface area contributed by atoms with Crippen LogP contribution in [0.5, 0.6) is 0 Å². The fourth-order valence-corrected chi connectivity index (χ4v) is 2.54. The number of benzene rings is 1. The molecule has 0 spiro atoms. The summed E-state index contributed by atoms with van der Waals surface area (Å²) in [5.41, 5.74) is 7.82. The van der Waals surface area contributed by atoms with Crippen molar-refractivity contribution in [2.24, 2.45) is 17.6 Å². The van der Waals surface area contributed by atoms with Gasteiger partial charge in [-0.05, 0) is 43.9 Å². The molecule has 1 fully saturated rings. The van der Waals surface area contributed by atoms with E-state index in [0.717, 1.165) is 24.7 Å². The van der Waals surface area contributed by atoms with Crippen LogP contribution in [0.2, 0.25) is 0 Å². The molecule has 2 atom stereocenters. The number of nitrogens with one attached hydrogen (secondary N) is 1. The summed E-state index contributed by atoms with van der Waals surface area (Å²) in [5.74, 6) is 0.606. The van der Waals surface area contributed by atoms with E-state index in [1.54, 1.807) is 0 Å². The van der Waals surface area contributed by atoms with E-state index in [0.29, 0.717) is 0 Å². The van der Waals surface area contributed by atoms with Gasteiger partial charge in [-0.1, -0.05) is 19.9 Å². The Morgan fingerprint density at radius 3 is 2.43 bits per heavy atom. The SMILES string of the molecule is CC1CCN(c2cccc(NC(=O)C(C)C(C)N)c2)CC1.Cl.Cl. The van der Waals surface area contributed by atoms with Gasteiger partial charge in [0.25, 0.3) is 0 Å². The van der Waals surface area contributed by atoms with Gasteiger partial charge in [0.15, 0.2) is 0 Å². The topological polar surface area (TPSA) is 58.4 Å². The van der Waals surface area contributed by atoms with E-state index in [2.05, 4.69) is 29.3 Å². The smallest absolute Gasteiger partial charge is 0.228 e. The number of piperidine rings is 1. The van der Waals surface area contributed by atoms with Gasteiger partial charge in [-0.2, -0.15) is 0 Å². The van der Waals surface area contributed by atoms with Gasteiger partial charge in [0.2, 0.25) is 5.91 Å². The Morgan fingerprint density at radius 1 is 1.26 bits per heavy atom. The third kappa shape index (κ3) is 6.21. The third-order valence-electron chi connectivity index (χ3n) is 4.46. The van der Waals surface area contributed by atoms with Crippen molar-refractivity contribution in [2.75, 3.05) is 23.3 Å². The average molecular weight is 362 g/mol. The first-order chi connectivity index (χ1) is 9.97. The maximum atomic E-state index is 12.1. The quantitative estimate of drug-likeness (QED) is 0.859. The molecule has 1 aromatic carbocycles. The van der Waals surface area contributed by atoms with Crippen LogP contribution in [0.1, 0.15) is 33.6 Å². The zero-order chi connectivity index (χ0) is 15.4. The number of anilines is 2. The van der Waals surface area contributed by atoms with Gasteiger partial charge < -0.3 is 16.0 Å².